The van der Waals surface area contributed by atoms with E-state index in [1.807, 2.05) is 21.1 Å². The molecule has 0 aromatic heterocycles. The summed E-state index contributed by atoms with van der Waals surface area (Å²) in [6.07, 6.45) is 54.7. The standard InChI is InChI=1S/C49H86NO7P/c1-6-8-10-12-14-16-18-20-22-23-24-25-26-27-28-30-32-34-36-38-40-42-49(51)57-48(47-56-58(52,53)55-45-43-50(3,4)5)46-54-44-41-39-37-35-33-31-29-21-19-17-15-13-11-9-7-2/h8,10,13-16,19-22,24-25,27-28,48H,6-7,9,11-12,17-18,23,26,29-47H2,1-5H3/p+1/b10-8-,15-13-,16-14-,21-19-,22-20-,25-24-,28-27-. The van der Waals surface area contributed by atoms with Crippen LogP contribution in [0.1, 0.15) is 162 Å². The number of nitrogens with zero attached hydrogens (tertiary/aromatic N) is 1. The maximum atomic E-state index is 12.7. The van der Waals surface area contributed by atoms with Crippen LogP contribution in [0.5, 0.6) is 0 Å². The van der Waals surface area contributed by atoms with Crippen molar-refractivity contribution in [2.45, 2.75) is 168 Å². The van der Waals surface area contributed by atoms with Gasteiger partial charge in [0.15, 0.2) is 0 Å². The molecule has 0 saturated heterocycles. The number of ether oxygens (including phenoxy) is 2. The Bertz CT molecular complexity index is 1200. The van der Waals surface area contributed by atoms with Crippen LogP contribution in [0.2, 0.25) is 0 Å². The average Bonchev–Trinajstić information content (AvgIpc) is 3.18. The van der Waals surface area contributed by atoms with E-state index in [4.69, 9.17) is 18.5 Å². The molecular weight excluding hydrogens is 746 g/mol. The summed E-state index contributed by atoms with van der Waals surface area (Å²) in [6, 6.07) is 0. The highest BCUT2D eigenvalue weighted by Gasteiger charge is 2.26. The lowest BCUT2D eigenvalue weighted by Gasteiger charge is -2.24. The van der Waals surface area contributed by atoms with E-state index in [-0.39, 0.29) is 25.8 Å². The van der Waals surface area contributed by atoms with Gasteiger partial charge in [0.05, 0.1) is 34.4 Å². The Balaban J connectivity index is 4.29. The zero-order valence-corrected chi connectivity index (χ0v) is 38.6. The Labute approximate surface area is 356 Å². The van der Waals surface area contributed by atoms with Crippen LogP contribution >= 0.6 is 7.82 Å². The van der Waals surface area contributed by atoms with Crippen molar-refractivity contribution in [1.82, 2.24) is 0 Å². The molecule has 58 heavy (non-hydrogen) atoms. The molecule has 0 heterocycles. The first-order valence-electron chi connectivity index (χ1n) is 22.8. The highest BCUT2D eigenvalue weighted by atomic mass is 31.2. The van der Waals surface area contributed by atoms with Gasteiger partial charge in [-0.05, 0) is 83.5 Å². The summed E-state index contributed by atoms with van der Waals surface area (Å²) >= 11 is 0. The molecule has 0 aliphatic heterocycles. The van der Waals surface area contributed by atoms with Crippen LogP contribution < -0.4 is 0 Å². The molecule has 0 saturated carbocycles. The lowest BCUT2D eigenvalue weighted by atomic mass is 10.1. The minimum Gasteiger partial charge on any atom is -0.457 e. The number of likely N-dealkylation sites (N-methyl/N-ethyl adjacent to an activating group) is 1. The minimum atomic E-state index is -4.29. The summed E-state index contributed by atoms with van der Waals surface area (Å²) in [7, 11) is 1.63. The monoisotopic (exact) mass is 833 g/mol. The number of phosphoric ester groups is 1. The van der Waals surface area contributed by atoms with Crippen LogP contribution in [-0.2, 0) is 27.9 Å². The van der Waals surface area contributed by atoms with E-state index in [0.29, 0.717) is 24.1 Å². The second kappa shape index (κ2) is 41.4. The van der Waals surface area contributed by atoms with E-state index in [2.05, 4.69) is 98.9 Å². The highest BCUT2D eigenvalue weighted by molar-refractivity contribution is 7.47. The predicted molar refractivity (Wildman–Crippen MR) is 247 cm³/mol. The smallest absolute Gasteiger partial charge is 0.457 e. The fourth-order valence-corrected chi connectivity index (χ4v) is 6.39. The Kier molecular flexibility index (Phi) is 39.8. The number of hydrogen-bond acceptors (Lipinski definition) is 6. The van der Waals surface area contributed by atoms with Crippen LogP contribution in [0.25, 0.3) is 0 Å². The Morgan fingerprint density at radius 1 is 0.552 bits per heavy atom. The lowest BCUT2D eigenvalue weighted by Crippen LogP contribution is -2.37. The lowest BCUT2D eigenvalue weighted by molar-refractivity contribution is -0.870. The highest BCUT2D eigenvalue weighted by Crippen LogP contribution is 2.43. The van der Waals surface area contributed by atoms with Gasteiger partial charge in [-0.1, -0.05) is 157 Å². The van der Waals surface area contributed by atoms with Gasteiger partial charge in [0.1, 0.15) is 19.3 Å². The van der Waals surface area contributed by atoms with Gasteiger partial charge in [-0.2, -0.15) is 0 Å². The third kappa shape index (κ3) is 44.8. The number of quaternary nitrogens is 1. The van der Waals surface area contributed by atoms with Crippen molar-refractivity contribution in [3.05, 3.63) is 85.1 Å². The quantitative estimate of drug-likeness (QED) is 0.0216. The van der Waals surface area contributed by atoms with Crippen LogP contribution in [0.15, 0.2) is 85.1 Å². The summed E-state index contributed by atoms with van der Waals surface area (Å²) in [5.74, 6) is -0.340. The van der Waals surface area contributed by atoms with E-state index in [9.17, 15) is 14.3 Å². The molecule has 0 aromatic rings. The van der Waals surface area contributed by atoms with Gasteiger partial charge in [-0.25, -0.2) is 4.57 Å². The molecule has 0 aliphatic carbocycles. The molecule has 2 atom stereocenters. The van der Waals surface area contributed by atoms with Gasteiger partial charge in [0, 0.05) is 13.0 Å². The SMILES string of the molecule is CC/C=C\C/C=C\C/C=C\C/C=C\C/C=C\CCCCCCCC(=O)OC(COCCCCCCCC/C=C\C/C=C\CCCC)COP(=O)(O)OCC[N+](C)(C)C. The first-order chi connectivity index (χ1) is 28.1. The van der Waals surface area contributed by atoms with Gasteiger partial charge in [0.25, 0.3) is 0 Å². The molecule has 1 N–H and O–H groups in total. The summed E-state index contributed by atoms with van der Waals surface area (Å²) in [5, 5.41) is 0. The fourth-order valence-electron chi connectivity index (χ4n) is 5.65. The molecule has 334 valence electrons. The molecule has 0 bridgehead atoms. The summed E-state index contributed by atoms with van der Waals surface area (Å²) in [4.78, 5) is 22.9. The van der Waals surface area contributed by atoms with E-state index < -0.39 is 13.9 Å². The van der Waals surface area contributed by atoms with E-state index >= 15 is 0 Å². The predicted octanol–water partition coefficient (Wildman–Crippen LogP) is 13.7. The van der Waals surface area contributed by atoms with Gasteiger partial charge >= 0.3 is 13.8 Å². The van der Waals surface area contributed by atoms with Crippen molar-refractivity contribution < 1.29 is 37.3 Å². The number of hydrogen-bond donors (Lipinski definition) is 1. The van der Waals surface area contributed by atoms with Gasteiger partial charge < -0.3 is 18.9 Å². The number of unbranched alkanes of at least 4 members (excludes halogenated alkanes) is 13. The number of allylic oxidation sites excluding steroid dienone is 14. The molecule has 0 spiro atoms. The van der Waals surface area contributed by atoms with Crippen molar-refractivity contribution in [2.24, 2.45) is 0 Å². The first-order valence-corrected chi connectivity index (χ1v) is 24.3. The van der Waals surface area contributed by atoms with Crippen molar-refractivity contribution >= 4 is 13.8 Å². The summed E-state index contributed by atoms with van der Waals surface area (Å²) < 4.78 is 35.0. The largest absolute Gasteiger partial charge is 0.472 e. The molecule has 0 rings (SSSR count). The van der Waals surface area contributed by atoms with Crippen molar-refractivity contribution in [1.29, 1.82) is 0 Å². The Morgan fingerprint density at radius 2 is 1.00 bits per heavy atom. The third-order valence-corrected chi connectivity index (χ3v) is 10.2. The molecule has 0 radical (unpaired) electrons. The topological polar surface area (TPSA) is 91.3 Å². The minimum absolute atomic E-state index is 0.0774. The van der Waals surface area contributed by atoms with Crippen molar-refractivity contribution in [2.75, 3.05) is 54.1 Å². The van der Waals surface area contributed by atoms with Crippen LogP contribution in [0.3, 0.4) is 0 Å². The summed E-state index contributed by atoms with van der Waals surface area (Å²) in [5.41, 5.74) is 0. The zero-order chi connectivity index (χ0) is 42.7. The van der Waals surface area contributed by atoms with Crippen LogP contribution in [0, 0.1) is 0 Å². The number of phosphoric acid groups is 1. The number of carbonyl (C=O) groups is 1. The molecule has 0 aliphatic rings. The Hall–Kier alpha value is -2.32. The molecule has 2 unspecified atom stereocenters. The third-order valence-electron chi connectivity index (χ3n) is 9.19. The van der Waals surface area contributed by atoms with E-state index in [0.717, 1.165) is 103 Å². The molecule has 0 fully saturated rings. The maximum absolute atomic E-state index is 12.7. The normalized spacial score (nSPS) is 14.5. The van der Waals surface area contributed by atoms with Gasteiger partial charge in [-0.3, -0.25) is 13.8 Å². The van der Waals surface area contributed by atoms with Gasteiger partial charge in [0.2, 0.25) is 0 Å². The second-order valence-electron chi connectivity index (χ2n) is 16.0. The molecule has 8 nitrogen and oxygen atoms in total. The zero-order valence-electron chi connectivity index (χ0n) is 37.8. The second-order valence-corrected chi connectivity index (χ2v) is 17.5. The van der Waals surface area contributed by atoms with Crippen molar-refractivity contribution in [3.8, 4) is 0 Å². The van der Waals surface area contributed by atoms with E-state index in [1.54, 1.807) is 0 Å². The molecule has 9 heteroatoms. The van der Waals surface area contributed by atoms with Crippen LogP contribution in [-0.4, -0.2) is 75.6 Å². The maximum Gasteiger partial charge on any atom is 0.472 e. The number of rotatable bonds is 41. The summed E-state index contributed by atoms with van der Waals surface area (Å²) in [6.45, 7) is 5.39. The molecule has 0 amide bonds. The first kappa shape index (κ1) is 55.7. The number of carbonyl (C=O) groups excluding carboxylic acids is 1. The van der Waals surface area contributed by atoms with Gasteiger partial charge in [-0.15, -0.1) is 0 Å². The molecule has 0 aromatic carbocycles. The number of esters is 1. The molecular formula is C49H87NO7P+. The average molecular weight is 833 g/mol. The van der Waals surface area contributed by atoms with E-state index in [1.165, 1.54) is 38.5 Å². The Morgan fingerprint density at radius 3 is 1.50 bits per heavy atom. The fraction of sp³-hybridized carbons (Fsp3) is 0.694. The van der Waals surface area contributed by atoms with Crippen LogP contribution in [0.4, 0.5) is 0 Å². The van der Waals surface area contributed by atoms with Crippen molar-refractivity contribution in [3.63, 3.8) is 0 Å².